The van der Waals surface area contributed by atoms with Gasteiger partial charge >= 0.3 is 0 Å². The number of hydrogen-bond donors (Lipinski definition) is 1. The van der Waals surface area contributed by atoms with E-state index < -0.39 is 0 Å². The summed E-state index contributed by atoms with van der Waals surface area (Å²) in [5, 5.41) is 0. The monoisotopic (exact) mass is 269 g/mol. The predicted octanol–water partition coefficient (Wildman–Crippen LogP) is 3.85. The van der Waals surface area contributed by atoms with Crippen molar-refractivity contribution in [2.75, 3.05) is 0 Å². The van der Waals surface area contributed by atoms with E-state index in [4.69, 9.17) is 10.5 Å². The summed E-state index contributed by atoms with van der Waals surface area (Å²) in [6, 6.07) is 16.9. The van der Waals surface area contributed by atoms with E-state index in [2.05, 4.69) is 50.2 Å². The molecule has 0 bridgehead atoms. The molecule has 0 aliphatic rings. The lowest BCUT2D eigenvalue weighted by Gasteiger charge is -2.10. The van der Waals surface area contributed by atoms with Gasteiger partial charge in [-0.2, -0.15) is 0 Å². The molecule has 0 saturated carbocycles. The van der Waals surface area contributed by atoms with Crippen LogP contribution < -0.4 is 10.5 Å². The van der Waals surface area contributed by atoms with Gasteiger partial charge in [-0.15, -0.1) is 0 Å². The molecule has 0 radical (unpaired) electrons. The molecule has 0 aliphatic carbocycles. The van der Waals surface area contributed by atoms with Crippen molar-refractivity contribution in [1.82, 2.24) is 0 Å². The normalized spacial score (nSPS) is 12.2. The molecule has 0 fully saturated rings. The molecule has 2 heteroatoms. The van der Waals surface area contributed by atoms with Gasteiger partial charge in [0.2, 0.25) is 0 Å². The van der Waals surface area contributed by atoms with Gasteiger partial charge in [-0.05, 0) is 43.0 Å². The van der Waals surface area contributed by atoms with Crippen LogP contribution in [0.4, 0.5) is 0 Å². The molecule has 2 nitrogen and oxygen atoms in total. The first-order valence-corrected chi connectivity index (χ1v) is 7.20. The minimum Gasteiger partial charge on any atom is -0.489 e. The summed E-state index contributed by atoms with van der Waals surface area (Å²) < 4.78 is 5.80. The van der Waals surface area contributed by atoms with Crippen molar-refractivity contribution >= 4 is 0 Å². The molecule has 0 aliphatic heterocycles. The van der Waals surface area contributed by atoms with E-state index in [1.54, 1.807) is 0 Å². The summed E-state index contributed by atoms with van der Waals surface area (Å²) in [7, 11) is 0. The second kappa shape index (κ2) is 7.11. The summed E-state index contributed by atoms with van der Waals surface area (Å²) in [6.07, 6.45) is 1.93. The van der Waals surface area contributed by atoms with E-state index in [9.17, 15) is 0 Å². The number of hydrogen-bond acceptors (Lipinski definition) is 2. The molecule has 1 atom stereocenters. The molecule has 2 aromatic rings. The predicted molar refractivity (Wildman–Crippen MR) is 83.9 cm³/mol. The van der Waals surface area contributed by atoms with Crippen LogP contribution in [0.2, 0.25) is 0 Å². The van der Waals surface area contributed by atoms with Crippen molar-refractivity contribution in [2.24, 2.45) is 5.73 Å². The first kappa shape index (κ1) is 14.6. The van der Waals surface area contributed by atoms with E-state index >= 15 is 0 Å². The SMILES string of the molecule is CCC(N)Cc1ccc(OCc2cccc(C)c2)cc1. The number of rotatable bonds is 6. The summed E-state index contributed by atoms with van der Waals surface area (Å²) in [5.74, 6) is 0.903. The first-order chi connectivity index (χ1) is 9.67. The second-order valence-electron chi connectivity index (χ2n) is 5.29. The van der Waals surface area contributed by atoms with Gasteiger partial charge in [-0.25, -0.2) is 0 Å². The molecule has 0 aromatic heterocycles. The summed E-state index contributed by atoms with van der Waals surface area (Å²) >= 11 is 0. The summed E-state index contributed by atoms with van der Waals surface area (Å²) in [6.45, 7) is 4.81. The van der Waals surface area contributed by atoms with Crippen molar-refractivity contribution in [3.05, 3.63) is 65.2 Å². The Hall–Kier alpha value is -1.80. The maximum atomic E-state index is 5.96. The van der Waals surface area contributed by atoms with E-state index in [0.29, 0.717) is 6.61 Å². The average Bonchev–Trinajstić information content (AvgIpc) is 2.46. The lowest BCUT2D eigenvalue weighted by molar-refractivity contribution is 0.306. The standard InChI is InChI=1S/C18H23NO/c1-3-17(19)12-15-7-9-18(10-8-15)20-13-16-6-4-5-14(2)11-16/h4-11,17H,3,12-13,19H2,1-2H3. The molecule has 0 heterocycles. The Morgan fingerprint density at radius 3 is 2.45 bits per heavy atom. The Balaban J connectivity index is 1.90. The van der Waals surface area contributed by atoms with Gasteiger partial charge in [0.05, 0.1) is 0 Å². The van der Waals surface area contributed by atoms with E-state index in [-0.39, 0.29) is 6.04 Å². The third-order valence-electron chi connectivity index (χ3n) is 3.43. The molecular weight excluding hydrogens is 246 g/mol. The van der Waals surface area contributed by atoms with E-state index in [1.807, 2.05) is 12.1 Å². The third-order valence-corrected chi connectivity index (χ3v) is 3.43. The van der Waals surface area contributed by atoms with Crippen LogP contribution in [0.15, 0.2) is 48.5 Å². The average molecular weight is 269 g/mol. The third kappa shape index (κ3) is 4.39. The Labute approximate surface area is 121 Å². The van der Waals surface area contributed by atoms with Crippen LogP contribution in [-0.4, -0.2) is 6.04 Å². The van der Waals surface area contributed by atoms with Gasteiger partial charge in [0.1, 0.15) is 12.4 Å². The highest BCUT2D eigenvalue weighted by molar-refractivity contribution is 5.28. The lowest BCUT2D eigenvalue weighted by atomic mass is 10.0. The van der Waals surface area contributed by atoms with Crippen LogP contribution in [0, 0.1) is 6.92 Å². The van der Waals surface area contributed by atoms with Crippen LogP contribution in [0.5, 0.6) is 5.75 Å². The molecule has 0 spiro atoms. The van der Waals surface area contributed by atoms with Crippen LogP contribution in [0.25, 0.3) is 0 Å². The molecule has 2 rings (SSSR count). The molecule has 106 valence electrons. The minimum atomic E-state index is 0.245. The smallest absolute Gasteiger partial charge is 0.119 e. The Morgan fingerprint density at radius 2 is 1.80 bits per heavy atom. The van der Waals surface area contributed by atoms with Crippen LogP contribution >= 0.6 is 0 Å². The fourth-order valence-corrected chi connectivity index (χ4v) is 2.14. The van der Waals surface area contributed by atoms with Gasteiger partial charge in [0.25, 0.3) is 0 Å². The molecular formula is C18H23NO. The zero-order valence-electron chi connectivity index (χ0n) is 12.3. The number of benzene rings is 2. The van der Waals surface area contributed by atoms with Gasteiger partial charge in [0.15, 0.2) is 0 Å². The molecule has 2 N–H and O–H groups in total. The second-order valence-corrected chi connectivity index (χ2v) is 5.29. The Kier molecular flexibility index (Phi) is 5.19. The van der Waals surface area contributed by atoms with Gasteiger partial charge in [-0.1, -0.05) is 48.9 Å². The van der Waals surface area contributed by atoms with Crippen LogP contribution in [0.3, 0.4) is 0 Å². The van der Waals surface area contributed by atoms with Crippen LogP contribution in [-0.2, 0) is 13.0 Å². The topological polar surface area (TPSA) is 35.2 Å². The Bertz CT molecular complexity index is 533. The highest BCUT2D eigenvalue weighted by Gasteiger charge is 2.02. The van der Waals surface area contributed by atoms with E-state index in [1.165, 1.54) is 16.7 Å². The van der Waals surface area contributed by atoms with Gasteiger partial charge in [-0.3, -0.25) is 0 Å². The molecule has 0 saturated heterocycles. The molecule has 1 unspecified atom stereocenters. The van der Waals surface area contributed by atoms with Crippen molar-refractivity contribution in [2.45, 2.75) is 39.3 Å². The minimum absolute atomic E-state index is 0.245. The lowest BCUT2D eigenvalue weighted by Crippen LogP contribution is -2.21. The Morgan fingerprint density at radius 1 is 1.05 bits per heavy atom. The van der Waals surface area contributed by atoms with Crippen LogP contribution in [0.1, 0.15) is 30.0 Å². The number of ether oxygens (including phenoxy) is 1. The van der Waals surface area contributed by atoms with Crippen molar-refractivity contribution in [3.63, 3.8) is 0 Å². The molecule has 20 heavy (non-hydrogen) atoms. The summed E-state index contributed by atoms with van der Waals surface area (Å²) in [4.78, 5) is 0. The fourth-order valence-electron chi connectivity index (χ4n) is 2.14. The molecule has 0 amide bonds. The highest BCUT2D eigenvalue weighted by atomic mass is 16.5. The van der Waals surface area contributed by atoms with Crippen molar-refractivity contribution in [3.8, 4) is 5.75 Å². The molecule has 2 aromatic carbocycles. The number of aryl methyl sites for hydroxylation is 1. The fraction of sp³-hybridized carbons (Fsp3) is 0.333. The highest BCUT2D eigenvalue weighted by Crippen LogP contribution is 2.16. The number of nitrogens with two attached hydrogens (primary N) is 1. The largest absolute Gasteiger partial charge is 0.489 e. The maximum Gasteiger partial charge on any atom is 0.119 e. The quantitative estimate of drug-likeness (QED) is 0.864. The zero-order valence-corrected chi connectivity index (χ0v) is 12.3. The van der Waals surface area contributed by atoms with E-state index in [0.717, 1.165) is 18.6 Å². The van der Waals surface area contributed by atoms with Gasteiger partial charge < -0.3 is 10.5 Å². The zero-order chi connectivity index (χ0) is 14.4. The van der Waals surface area contributed by atoms with Crippen molar-refractivity contribution in [1.29, 1.82) is 0 Å². The summed E-state index contributed by atoms with van der Waals surface area (Å²) in [5.41, 5.74) is 9.68. The first-order valence-electron chi connectivity index (χ1n) is 7.20. The maximum absolute atomic E-state index is 5.96. The van der Waals surface area contributed by atoms with Crippen molar-refractivity contribution < 1.29 is 4.74 Å². The van der Waals surface area contributed by atoms with Gasteiger partial charge in [0, 0.05) is 6.04 Å².